The number of hydrogen-bond acceptors (Lipinski definition) is 3. The van der Waals surface area contributed by atoms with Crippen molar-refractivity contribution in [2.45, 2.75) is 38.8 Å². The molecule has 14 heavy (non-hydrogen) atoms. The summed E-state index contributed by atoms with van der Waals surface area (Å²) in [6.45, 7) is 3.29. The maximum absolute atomic E-state index is 11.4. The number of nitrogens with zero attached hydrogens (tertiary/aromatic N) is 1. The zero-order valence-electron chi connectivity index (χ0n) is 8.86. The molecule has 0 aromatic carbocycles. The highest BCUT2D eigenvalue weighted by Crippen LogP contribution is 2.02. The van der Waals surface area contributed by atoms with Crippen molar-refractivity contribution in [3.05, 3.63) is 0 Å². The van der Waals surface area contributed by atoms with Crippen LogP contribution in [0.5, 0.6) is 0 Å². The Hall–Kier alpha value is -1.10. The first-order valence-electron chi connectivity index (χ1n) is 4.60. The predicted molar refractivity (Wildman–Crippen MR) is 52.8 cm³/mol. The van der Waals surface area contributed by atoms with Crippen molar-refractivity contribution >= 4 is 11.9 Å². The highest BCUT2D eigenvalue weighted by atomic mass is 16.4. The monoisotopic (exact) mass is 202 g/mol. The van der Waals surface area contributed by atoms with Gasteiger partial charge >= 0.3 is 5.97 Å². The van der Waals surface area contributed by atoms with Gasteiger partial charge in [-0.05, 0) is 20.3 Å². The molecule has 2 unspecified atom stereocenters. The highest BCUT2D eigenvalue weighted by Gasteiger charge is 2.21. The summed E-state index contributed by atoms with van der Waals surface area (Å²) in [4.78, 5) is 23.2. The van der Waals surface area contributed by atoms with E-state index in [9.17, 15) is 9.59 Å². The largest absolute Gasteiger partial charge is 0.480 e. The van der Waals surface area contributed by atoms with Crippen LogP contribution in [0.2, 0.25) is 0 Å². The highest BCUT2D eigenvalue weighted by molar-refractivity contribution is 5.83. The second kappa shape index (κ2) is 5.59. The van der Waals surface area contributed by atoms with Gasteiger partial charge < -0.3 is 15.7 Å². The van der Waals surface area contributed by atoms with E-state index in [0.717, 1.165) is 0 Å². The number of carboxylic acids is 1. The third kappa shape index (κ3) is 4.23. The van der Waals surface area contributed by atoms with Crippen LogP contribution in [-0.2, 0) is 9.59 Å². The first-order valence-corrected chi connectivity index (χ1v) is 4.60. The van der Waals surface area contributed by atoms with Gasteiger partial charge in [0.2, 0.25) is 5.91 Å². The number of carbonyl (C=O) groups is 2. The van der Waals surface area contributed by atoms with Crippen LogP contribution in [-0.4, -0.2) is 41.0 Å². The van der Waals surface area contributed by atoms with Gasteiger partial charge in [0.1, 0.15) is 6.04 Å². The van der Waals surface area contributed by atoms with Crippen LogP contribution in [0.25, 0.3) is 0 Å². The first kappa shape index (κ1) is 12.9. The number of carboxylic acid groups (broad SMARTS) is 1. The van der Waals surface area contributed by atoms with Gasteiger partial charge in [0.05, 0.1) is 0 Å². The summed E-state index contributed by atoms with van der Waals surface area (Å²) in [5.41, 5.74) is 5.49. The molecule has 0 saturated heterocycles. The molecule has 5 heteroatoms. The number of hydrogen-bond donors (Lipinski definition) is 2. The van der Waals surface area contributed by atoms with Crippen molar-refractivity contribution in [1.29, 1.82) is 0 Å². The smallest absolute Gasteiger partial charge is 0.326 e. The van der Waals surface area contributed by atoms with Gasteiger partial charge in [-0.15, -0.1) is 0 Å². The summed E-state index contributed by atoms with van der Waals surface area (Å²) >= 11 is 0. The Kier molecular flexibility index (Phi) is 5.15. The van der Waals surface area contributed by atoms with Gasteiger partial charge in [-0.3, -0.25) is 4.79 Å². The van der Waals surface area contributed by atoms with E-state index in [0.29, 0.717) is 12.8 Å². The van der Waals surface area contributed by atoms with Gasteiger partial charge in [0.15, 0.2) is 0 Å². The van der Waals surface area contributed by atoms with Crippen LogP contribution in [0.4, 0.5) is 0 Å². The van der Waals surface area contributed by atoms with E-state index < -0.39 is 12.0 Å². The second-order valence-corrected chi connectivity index (χ2v) is 3.53. The van der Waals surface area contributed by atoms with E-state index in [1.54, 1.807) is 0 Å². The average molecular weight is 202 g/mol. The molecular weight excluding hydrogens is 184 g/mol. The minimum Gasteiger partial charge on any atom is -0.480 e. The van der Waals surface area contributed by atoms with Crippen LogP contribution >= 0.6 is 0 Å². The minimum absolute atomic E-state index is 0.0347. The van der Waals surface area contributed by atoms with E-state index in [1.807, 2.05) is 6.92 Å². The fourth-order valence-electron chi connectivity index (χ4n) is 0.909. The van der Waals surface area contributed by atoms with Gasteiger partial charge in [-0.25, -0.2) is 4.79 Å². The van der Waals surface area contributed by atoms with Gasteiger partial charge in [0, 0.05) is 19.5 Å². The maximum atomic E-state index is 11.4. The van der Waals surface area contributed by atoms with E-state index >= 15 is 0 Å². The van der Waals surface area contributed by atoms with Crippen LogP contribution < -0.4 is 5.73 Å². The molecule has 0 spiro atoms. The van der Waals surface area contributed by atoms with E-state index in [4.69, 9.17) is 10.8 Å². The molecular formula is C9H18N2O3. The standard InChI is InChI=1S/C9H18N2O3/c1-6(10)4-5-8(12)11(3)7(2)9(13)14/h6-7H,4-5,10H2,1-3H3,(H,13,14). The van der Waals surface area contributed by atoms with Crippen molar-refractivity contribution in [2.75, 3.05) is 7.05 Å². The van der Waals surface area contributed by atoms with Gasteiger partial charge in [-0.2, -0.15) is 0 Å². The molecule has 0 fully saturated rings. The molecule has 5 nitrogen and oxygen atoms in total. The molecule has 3 N–H and O–H groups in total. The Labute approximate surface area is 83.9 Å². The molecule has 0 saturated carbocycles. The lowest BCUT2D eigenvalue weighted by Gasteiger charge is -2.21. The molecule has 1 amide bonds. The van der Waals surface area contributed by atoms with E-state index in [2.05, 4.69) is 0 Å². The zero-order chi connectivity index (χ0) is 11.3. The summed E-state index contributed by atoms with van der Waals surface area (Å²) in [6, 6.07) is -0.817. The van der Waals surface area contributed by atoms with Crippen molar-refractivity contribution in [3.63, 3.8) is 0 Å². The summed E-state index contributed by atoms with van der Waals surface area (Å²) in [5, 5.41) is 8.66. The fraction of sp³-hybridized carbons (Fsp3) is 0.778. The topological polar surface area (TPSA) is 83.6 Å². The van der Waals surface area contributed by atoms with Crippen LogP contribution in [0.1, 0.15) is 26.7 Å². The number of likely N-dealkylation sites (N-methyl/N-ethyl adjacent to an activating group) is 1. The molecule has 0 aliphatic rings. The second-order valence-electron chi connectivity index (χ2n) is 3.53. The molecule has 0 aliphatic heterocycles. The molecule has 0 rings (SSSR count). The van der Waals surface area contributed by atoms with Gasteiger partial charge in [-0.1, -0.05) is 0 Å². The molecule has 0 aromatic heterocycles. The fourth-order valence-corrected chi connectivity index (χ4v) is 0.909. The number of amides is 1. The molecule has 0 bridgehead atoms. The minimum atomic E-state index is -0.998. The summed E-state index contributed by atoms with van der Waals surface area (Å²) < 4.78 is 0. The van der Waals surface area contributed by atoms with E-state index in [1.165, 1.54) is 18.9 Å². The molecule has 0 aliphatic carbocycles. The zero-order valence-corrected chi connectivity index (χ0v) is 8.86. The van der Waals surface area contributed by atoms with Crippen molar-refractivity contribution in [2.24, 2.45) is 5.73 Å². The lowest BCUT2D eigenvalue weighted by molar-refractivity contribution is -0.148. The number of rotatable bonds is 5. The Morgan fingerprint density at radius 1 is 1.43 bits per heavy atom. The molecule has 0 heterocycles. The van der Waals surface area contributed by atoms with Crippen molar-refractivity contribution in [3.8, 4) is 0 Å². The van der Waals surface area contributed by atoms with Crippen LogP contribution in [0, 0.1) is 0 Å². The SMILES string of the molecule is CC(N)CCC(=O)N(C)C(C)C(=O)O. The lowest BCUT2D eigenvalue weighted by Crippen LogP contribution is -2.40. The van der Waals surface area contributed by atoms with Crippen LogP contribution in [0.3, 0.4) is 0 Å². The lowest BCUT2D eigenvalue weighted by atomic mass is 10.1. The molecule has 82 valence electrons. The summed E-state index contributed by atoms with van der Waals surface area (Å²) in [5.74, 6) is -1.18. The van der Waals surface area contributed by atoms with Gasteiger partial charge in [0.25, 0.3) is 0 Å². The van der Waals surface area contributed by atoms with Crippen molar-refractivity contribution < 1.29 is 14.7 Å². The third-order valence-electron chi connectivity index (χ3n) is 2.15. The Morgan fingerprint density at radius 3 is 2.29 bits per heavy atom. The maximum Gasteiger partial charge on any atom is 0.326 e. The van der Waals surface area contributed by atoms with Crippen molar-refractivity contribution in [1.82, 2.24) is 4.90 Å². The number of nitrogens with two attached hydrogens (primary N) is 1. The molecule has 2 atom stereocenters. The van der Waals surface area contributed by atoms with Crippen LogP contribution in [0.15, 0.2) is 0 Å². The Bertz CT molecular complexity index is 216. The van der Waals surface area contributed by atoms with E-state index in [-0.39, 0.29) is 11.9 Å². The molecule has 0 aromatic rings. The quantitative estimate of drug-likeness (QED) is 0.659. The summed E-state index contributed by atoms with van der Waals surface area (Å²) in [7, 11) is 1.49. The number of carbonyl (C=O) groups excluding carboxylic acids is 1. The molecule has 0 radical (unpaired) electrons. The average Bonchev–Trinajstić information content (AvgIpc) is 2.11. The Morgan fingerprint density at radius 2 is 1.93 bits per heavy atom. The normalized spacial score (nSPS) is 14.6. The predicted octanol–water partition coefficient (Wildman–Crippen LogP) is 0.0453. The summed E-state index contributed by atoms with van der Waals surface area (Å²) in [6.07, 6.45) is 0.876. The number of aliphatic carboxylic acids is 1. The first-order chi connectivity index (χ1) is 6.36. The third-order valence-corrected chi connectivity index (χ3v) is 2.15. The Balaban J connectivity index is 4.05.